The summed E-state index contributed by atoms with van der Waals surface area (Å²) in [5.74, 6) is 0. The molecule has 6 rings (SSSR count). The maximum Gasteiger partial charge on any atom is 0.326 e. The van der Waals surface area contributed by atoms with Crippen LogP contribution in [0, 0.1) is 0 Å². The van der Waals surface area contributed by atoms with E-state index in [0.717, 1.165) is 0 Å². The highest BCUT2D eigenvalue weighted by Crippen LogP contribution is 2.50. The van der Waals surface area contributed by atoms with Crippen LogP contribution in [0.25, 0.3) is 22.3 Å². The molecule has 0 bridgehead atoms. The molecule has 1 aliphatic heterocycles. The Bertz CT molecular complexity index is 1600. The Hall–Kier alpha value is -3.86. The molecule has 5 aromatic rings. The zero-order chi connectivity index (χ0) is 26.8. The largest absolute Gasteiger partial charge is 0.433 e. The number of allylic oxidation sites excluding steroid dienone is 2. The van der Waals surface area contributed by atoms with Gasteiger partial charge in [0.15, 0.2) is 0 Å². The summed E-state index contributed by atoms with van der Waals surface area (Å²) in [5, 5.41) is 2.22. The average molecular weight is 538 g/mol. The van der Waals surface area contributed by atoms with Gasteiger partial charge in [0.25, 0.3) is 0 Å². The van der Waals surface area contributed by atoms with Gasteiger partial charge in [-0.2, -0.15) is 11.3 Å². The molecule has 0 saturated heterocycles. The topological polar surface area (TPSA) is 3.24 Å². The average Bonchev–Trinajstić information content (AvgIpc) is 3.52. The summed E-state index contributed by atoms with van der Waals surface area (Å²) in [6.45, 7) is 7.55. The normalized spacial score (nSPS) is 14.2. The standard InChI is InChI=1S/C35H32BNSSi/c1-39(2,3)37-35(30-23-14-7-15-24-30)33(28-19-10-5-11-20-28)32(27-17-8-4-9-18-27)34(29-21-12-6-13-22-29)36(37)31-25-16-26-38-31/h4-26H,1-3H3. The van der Waals surface area contributed by atoms with Gasteiger partial charge in [-0.25, -0.2) is 0 Å². The Balaban J connectivity index is 1.85. The van der Waals surface area contributed by atoms with Crippen LogP contribution in [-0.4, -0.2) is 19.6 Å². The summed E-state index contributed by atoms with van der Waals surface area (Å²) in [6.07, 6.45) is 0. The molecule has 0 aliphatic carbocycles. The lowest BCUT2D eigenvalue weighted by molar-refractivity contribution is 0.906. The number of thiophene rings is 1. The van der Waals surface area contributed by atoms with E-state index in [1.54, 1.807) is 0 Å². The van der Waals surface area contributed by atoms with Crippen LogP contribution >= 0.6 is 11.3 Å². The first-order valence-corrected chi connectivity index (χ1v) is 17.9. The predicted molar refractivity (Wildman–Crippen MR) is 174 cm³/mol. The zero-order valence-corrected chi connectivity index (χ0v) is 24.5. The van der Waals surface area contributed by atoms with Crippen LogP contribution in [0.1, 0.15) is 22.3 Å². The smallest absolute Gasteiger partial charge is 0.326 e. The molecule has 0 radical (unpaired) electrons. The first-order chi connectivity index (χ1) is 19.0. The van der Waals surface area contributed by atoms with Crippen molar-refractivity contribution in [1.29, 1.82) is 0 Å². The van der Waals surface area contributed by atoms with Gasteiger partial charge in [-0.3, -0.25) is 0 Å². The van der Waals surface area contributed by atoms with Crippen LogP contribution in [0.15, 0.2) is 139 Å². The molecule has 1 nitrogen and oxygen atoms in total. The Morgan fingerprint density at radius 3 is 1.44 bits per heavy atom. The minimum atomic E-state index is -1.95. The van der Waals surface area contributed by atoms with E-state index in [4.69, 9.17) is 0 Å². The molecule has 1 aromatic heterocycles. The molecule has 0 N–H and O–H groups in total. The van der Waals surface area contributed by atoms with Gasteiger partial charge in [-0.05, 0) is 38.7 Å². The van der Waals surface area contributed by atoms with Crippen molar-refractivity contribution in [3.05, 3.63) is 161 Å². The quantitative estimate of drug-likeness (QED) is 0.196. The number of benzene rings is 4. The monoisotopic (exact) mass is 537 g/mol. The van der Waals surface area contributed by atoms with Crippen molar-refractivity contribution >= 4 is 53.5 Å². The summed E-state index contributed by atoms with van der Waals surface area (Å²) in [6, 6.07) is 48.6. The number of rotatable bonds is 6. The second kappa shape index (κ2) is 10.7. The van der Waals surface area contributed by atoms with Crippen molar-refractivity contribution in [2.45, 2.75) is 19.6 Å². The first kappa shape index (κ1) is 25.4. The second-order valence-corrected chi connectivity index (χ2v) is 16.7. The van der Waals surface area contributed by atoms with Crippen LogP contribution in [0.4, 0.5) is 0 Å². The van der Waals surface area contributed by atoms with Gasteiger partial charge in [0.05, 0.1) is 0 Å². The molecule has 190 valence electrons. The molecular weight excluding hydrogens is 505 g/mol. The van der Waals surface area contributed by atoms with E-state index < -0.39 is 8.24 Å². The molecule has 1 aliphatic rings. The lowest BCUT2D eigenvalue weighted by atomic mass is 9.48. The molecule has 0 atom stereocenters. The maximum atomic E-state index is 2.81. The highest BCUT2D eigenvalue weighted by molar-refractivity contribution is 7.25. The van der Waals surface area contributed by atoms with Gasteiger partial charge in [-0.15, -0.1) is 0 Å². The van der Waals surface area contributed by atoms with Gasteiger partial charge in [-0.1, -0.05) is 153 Å². The Kier molecular flexibility index (Phi) is 6.99. The van der Waals surface area contributed by atoms with E-state index in [1.165, 1.54) is 49.3 Å². The van der Waals surface area contributed by atoms with Crippen LogP contribution in [0.3, 0.4) is 0 Å². The van der Waals surface area contributed by atoms with E-state index in [2.05, 4.69) is 163 Å². The zero-order valence-electron chi connectivity index (χ0n) is 22.7. The van der Waals surface area contributed by atoms with Gasteiger partial charge >= 0.3 is 6.85 Å². The summed E-state index contributed by atoms with van der Waals surface area (Å²) >= 11 is 1.86. The molecule has 0 unspecified atom stereocenters. The Morgan fingerprint density at radius 2 is 0.974 bits per heavy atom. The fourth-order valence-corrected chi connectivity index (χ4v) is 8.67. The summed E-state index contributed by atoms with van der Waals surface area (Å²) in [7, 11) is -1.95. The van der Waals surface area contributed by atoms with E-state index >= 15 is 0 Å². The molecule has 0 fully saturated rings. The minimum absolute atomic E-state index is 0.108. The molecule has 39 heavy (non-hydrogen) atoms. The maximum absolute atomic E-state index is 2.81. The van der Waals surface area contributed by atoms with Crippen molar-refractivity contribution in [3.63, 3.8) is 0 Å². The highest BCUT2D eigenvalue weighted by atomic mass is 32.1. The van der Waals surface area contributed by atoms with Crippen molar-refractivity contribution in [2.75, 3.05) is 0 Å². The SMILES string of the molecule is C[Si](C)(C)N1B(c2cccs2)C(c2ccccc2)=C(c2ccccc2)C(c2ccccc2)=C1c1ccccc1. The van der Waals surface area contributed by atoms with E-state index in [0.29, 0.717) is 0 Å². The number of hydrogen-bond donors (Lipinski definition) is 0. The van der Waals surface area contributed by atoms with Crippen LogP contribution in [-0.2, 0) is 0 Å². The molecule has 2 heterocycles. The fraction of sp³-hybridized carbons (Fsp3) is 0.0857. The van der Waals surface area contributed by atoms with Gasteiger partial charge in [0, 0.05) is 16.0 Å². The molecule has 4 aromatic carbocycles. The lowest BCUT2D eigenvalue weighted by Crippen LogP contribution is -2.59. The van der Waals surface area contributed by atoms with Gasteiger partial charge in [0.1, 0.15) is 8.24 Å². The summed E-state index contributed by atoms with van der Waals surface area (Å²) in [4.78, 5) is 0. The van der Waals surface area contributed by atoms with Crippen LogP contribution < -0.4 is 4.78 Å². The van der Waals surface area contributed by atoms with Crippen molar-refractivity contribution in [2.24, 2.45) is 0 Å². The van der Waals surface area contributed by atoms with Crippen LogP contribution in [0.2, 0.25) is 19.6 Å². The van der Waals surface area contributed by atoms with Gasteiger partial charge < -0.3 is 4.48 Å². The first-order valence-electron chi connectivity index (χ1n) is 13.6. The number of nitrogens with zero attached hydrogens (tertiary/aromatic N) is 1. The third kappa shape index (κ3) is 4.87. The fourth-order valence-electron chi connectivity index (χ4n) is 5.80. The highest BCUT2D eigenvalue weighted by Gasteiger charge is 2.46. The van der Waals surface area contributed by atoms with Gasteiger partial charge in [0.2, 0.25) is 0 Å². The molecule has 4 heteroatoms. The molecule has 0 spiro atoms. The summed E-state index contributed by atoms with van der Waals surface area (Å²) < 4.78 is 4.19. The summed E-state index contributed by atoms with van der Waals surface area (Å²) in [5.41, 5.74) is 10.4. The third-order valence-corrected chi connectivity index (χ3v) is 10.2. The Labute approximate surface area is 238 Å². The third-order valence-electron chi connectivity index (χ3n) is 7.32. The molecule has 0 saturated carbocycles. The second-order valence-electron chi connectivity index (χ2n) is 10.9. The minimum Gasteiger partial charge on any atom is -0.433 e. The number of hydrogen-bond acceptors (Lipinski definition) is 2. The van der Waals surface area contributed by atoms with Crippen molar-refractivity contribution < 1.29 is 0 Å². The predicted octanol–water partition coefficient (Wildman–Crippen LogP) is 8.82. The van der Waals surface area contributed by atoms with E-state index in [1.807, 2.05) is 11.3 Å². The van der Waals surface area contributed by atoms with E-state index in [-0.39, 0.29) is 6.85 Å². The van der Waals surface area contributed by atoms with E-state index in [9.17, 15) is 0 Å². The van der Waals surface area contributed by atoms with Crippen molar-refractivity contribution in [3.8, 4) is 0 Å². The molecule has 0 amide bonds. The van der Waals surface area contributed by atoms with Crippen molar-refractivity contribution in [1.82, 2.24) is 4.48 Å². The molecular formula is C35H32BNSSi. The lowest BCUT2D eigenvalue weighted by Gasteiger charge is -2.48. The Morgan fingerprint density at radius 1 is 0.513 bits per heavy atom. The van der Waals surface area contributed by atoms with Crippen LogP contribution in [0.5, 0.6) is 0 Å².